The normalized spacial score (nSPS) is 7.50. The molecule has 0 aromatic rings. The number of aliphatic hydroxyl groups is 2. The van der Waals surface area contributed by atoms with Crippen molar-refractivity contribution < 1.29 is 10.2 Å². The number of hydrogen-bond donors (Lipinski definition) is 2. The van der Waals surface area contributed by atoms with Gasteiger partial charge in [0.15, 0.2) is 0 Å². The third-order valence-electron chi connectivity index (χ3n) is 1.46. The summed E-state index contributed by atoms with van der Waals surface area (Å²) < 4.78 is 0. The van der Waals surface area contributed by atoms with Crippen molar-refractivity contribution in [3.8, 4) is 0 Å². The number of unbranched alkanes of at least 4 members (excludes halogenated alkanes) is 5. The van der Waals surface area contributed by atoms with Crippen LogP contribution in [0, 0.1) is 0 Å². The van der Waals surface area contributed by atoms with Gasteiger partial charge in [-0.2, -0.15) is 0 Å². The molecule has 0 heterocycles. The van der Waals surface area contributed by atoms with E-state index in [-0.39, 0.29) is 0 Å². The molecule has 2 N–H and O–H groups in total. The van der Waals surface area contributed by atoms with Gasteiger partial charge in [-0.3, -0.25) is 0 Å². The van der Waals surface area contributed by atoms with Crippen LogP contribution in [-0.2, 0) is 0 Å². The Kier molecular flexibility index (Phi) is 45.6. The molecule has 0 unspecified atom stereocenters. The Morgan fingerprint density at radius 1 is 0.583 bits per heavy atom. The summed E-state index contributed by atoms with van der Waals surface area (Å²) in [6, 6.07) is 0. The van der Waals surface area contributed by atoms with E-state index in [9.17, 15) is 0 Å². The Balaban J connectivity index is -0.000000175. The number of aliphatic hydroxyl groups excluding tert-OH is 2. The maximum atomic E-state index is 7.00. The standard InChI is InChI=1S/C8H18.2CH4O/c1-3-5-7-8-6-4-2;2*1-2/h3-8H2,1-2H3;2*2H,1H3. The first-order chi connectivity index (χ1) is 5.91. The van der Waals surface area contributed by atoms with E-state index in [0.29, 0.717) is 0 Å². The van der Waals surface area contributed by atoms with Gasteiger partial charge in [0.05, 0.1) is 0 Å². The van der Waals surface area contributed by atoms with Crippen LogP contribution in [0.2, 0.25) is 0 Å². The number of rotatable bonds is 5. The molecule has 0 atom stereocenters. The van der Waals surface area contributed by atoms with E-state index in [0.717, 1.165) is 14.2 Å². The van der Waals surface area contributed by atoms with E-state index in [1.54, 1.807) is 0 Å². The SMILES string of the molecule is CCCCCCCC.CO.CO. The monoisotopic (exact) mass is 178 g/mol. The molecule has 0 bridgehead atoms. The van der Waals surface area contributed by atoms with Crippen LogP contribution >= 0.6 is 0 Å². The van der Waals surface area contributed by atoms with E-state index in [4.69, 9.17) is 10.2 Å². The minimum Gasteiger partial charge on any atom is -0.400 e. The molecule has 12 heavy (non-hydrogen) atoms. The minimum absolute atomic E-state index is 1.00. The van der Waals surface area contributed by atoms with Gasteiger partial charge in [-0.1, -0.05) is 52.4 Å². The van der Waals surface area contributed by atoms with E-state index >= 15 is 0 Å². The van der Waals surface area contributed by atoms with Gasteiger partial charge < -0.3 is 10.2 Å². The van der Waals surface area contributed by atoms with E-state index in [2.05, 4.69) is 13.8 Å². The van der Waals surface area contributed by atoms with Crippen LogP contribution in [0.1, 0.15) is 52.4 Å². The molecule has 0 amide bonds. The summed E-state index contributed by atoms with van der Waals surface area (Å²) >= 11 is 0. The Morgan fingerprint density at radius 2 is 0.833 bits per heavy atom. The first-order valence-electron chi connectivity index (χ1n) is 4.81. The first-order valence-corrected chi connectivity index (χ1v) is 4.81. The summed E-state index contributed by atoms with van der Waals surface area (Å²) in [6.07, 6.45) is 8.49. The van der Waals surface area contributed by atoms with Crippen molar-refractivity contribution in [2.75, 3.05) is 14.2 Å². The topological polar surface area (TPSA) is 40.5 Å². The van der Waals surface area contributed by atoms with Crippen LogP contribution in [0.25, 0.3) is 0 Å². The van der Waals surface area contributed by atoms with Crippen LogP contribution in [0.4, 0.5) is 0 Å². The fraction of sp³-hybridized carbons (Fsp3) is 1.00. The zero-order chi connectivity index (χ0) is 10.2. The first kappa shape index (κ1) is 17.9. The zero-order valence-electron chi connectivity index (χ0n) is 9.14. The van der Waals surface area contributed by atoms with E-state index < -0.39 is 0 Å². The van der Waals surface area contributed by atoms with Crippen molar-refractivity contribution in [2.45, 2.75) is 52.4 Å². The molecule has 0 rings (SSSR count). The lowest BCUT2D eigenvalue weighted by Crippen LogP contribution is -1.73. The highest BCUT2D eigenvalue weighted by Gasteiger charge is 1.83. The van der Waals surface area contributed by atoms with Crippen molar-refractivity contribution in [1.29, 1.82) is 0 Å². The lowest BCUT2D eigenvalue weighted by Gasteiger charge is -1.93. The Hall–Kier alpha value is -0.0800. The van der Waals surface area contributed by atoms with Crippen LogP contribution in [0.5, 0.6) is 0 Å². The summed E-state index contributed by atoms with van der Waals surface area (Å²) in [5, 5.41) is 14.0. The van der Waals surface area contributed by atoms with Gasteiger partial charge in [-0.25, -0.2) is 0 Å². The smallest absolute Gasteiger partial charge is 0.0319 e. The van der Waals surface area contributed by atoms with E-state index in [1.807, 2.05) is 0 Å². The Bertz CT molecular complexity index is 32.8. The third kappa shape index (κ3) is 32.6. The zero-order valence-corrected chi connectivity index (χ0v) is 9.14. The molecule has 0 aliphatic rings. The van der Waals surface area contributed by atoms with Crippen molar-refractivity contribution in [1.82, 2.24) is 0 Å². The Labute approximate surface area is 77.6 Å². The molecule has 0 aromatic carbocycles. The average molecular weight is 178 g/mol. The molecule has 0 aromatic heterocycles. The molecule has 0 radical (unpaired) electrons. The molecule has 78 valence electrons. The fourth-order valence-corrected chi connectivity index (χ4v) is 0.854. The maximum Gasteiger partial charge on any atom is 0.0319 e. The van der Waals surface area contributed by atoms with Gasteiger partial charge in [-0.05, 0) is 0 Å². The Morgan fingerprint density at radius 3 is 1.00 bits per heavy atom. The van der Waals surface area contributed by atoms with Gasteiger partial charge in [0.2, 0.25) is 0 Å². The lowest BCUT2D eigenvalue weighted by atomic mass is 10.1. The minimum atomic E-state index is 1.00. The second-order valence-corrected chi connectivity index (χ2v) is 2.41. The van der Waals surface area contributed by atoms with Gasteiger partial charge in [0, 0.05) is 14.2 Å². The van der Waals surface area contributed by atoms with Gasteiger partial charge in [0.1, 0.15) is 0 Å². The summed E-state index contributed by atoms with van der Waals surface area (Å²) in [5.41, 5.74) is 0. The highest BCUT2D eigenvalue weighted by atomic mass is 16.2. The highest BCUT2D eigenvalue weighted by Crippen LogP contribution is 2.03. The maximum absolute atomic E-state index is 7.00. The molecule has 0 saturated heterocycles. The molecule has 0 aliphatic carbocycles. The van der Waals surface area contributed by atoms with Gasteiger partial charge >= 0.3 is 0 Å². The van der Waals surface area contributed by atoms with E-state index in [1.165, 1.54) is 38.5 Å². The van der Waals surface area contributed by atoms with Crippen LogP contribution < -0.4 is 0 Å². The predicted octanol–water partition coefficient (Wildman–Crippen LogP) is 2.58. The summed E-state index contributed by atoms with van der Waals surface area (Å²) in [4.78, 5) is 0. The van der Waals surface area contributed by atoms with Crippen molar-refractivity contribution in [2.24, 2.45) is 0 Å². The molecule has 2 nitrogen and oxygen atoms in total. The molecular weight excluding hydrogens is 152 g/mol. The van der Waals surface area contributed by atoms with Crippen LogP contribution in [-0.4, -0.2) is 24.4 Å². The lowest BCUT2D eigenvalue weighted by molar-refractivity contribution is 0.399. The summed E-state index contributed by atoms with van der Waals surface area (Å²) in [7, 11) is 2.00. The van der Waals surface area contributed by atoms with Crippen molar-refractivity contribution >= 4 is 0 Å². The molecule has 0 aliphatic heterocycles. The second-order valence-electron chi connectivity index (χ2n) is 2.41. The average Bonchev–Trinajstić information content (AvgIpc) is 2.19. The van der Waals surface area contributed by atoms with Crippen LogP contribution in [0.3, 0.4) is 0 Å². The van der Waals surface area contributed by atoms with Crippen molar-refractivity contribution in [3.05, 3.63) is 0 Å². The van der Waals surface area contributed by atoms with Gasteiger partial charge in [-0.15, -0.1) is 0 Å². The largest absolute Gasteiger partial charge is 0.400 e. The molecule has 0 spiro atoms. The second kappa shape index (κ2) is 30.7. The molecule has 2 heteroatoms. The molecule has 0 fully saturated rings. The third-order valence-corrected chi connectivity index (χ3v) is 1.46. The molecule has 0 saturated carbocycles. The summed E-state index contributed by atoms with van der Waals surface area (Å²) in [6.45, 7) is 4.51. The summed E-state index contributed by atoms with van der Waals surface area (Å²) in [5.74, 6) is 0. The quantitative estimate of drug-likeness (QED) is 0.635. The predicted molar refractivity (Wildman–Crippen MR) is 55.3 cm³/mol. The number of hydrogen-bond acceptors (Lipinski definition) is 2. The van der Waals surface area contributed by atoms with Crippen LogP contribution in [0.15, 0.2) is 0 Å². The fourth-order valence-electron chi connectivity index (χ4n) is 0.854. The highest BCUT2D eigenvalue weighted by molar-refractivity contribution is 4.39. The van der Waals surface area contributed by atoms with Gasteiger partial charge in [0.25, 0.3) is 0 Å². The molecular formula is C10H26O2. The van der Waals surface area contributed by atoms with Crippen molar-refractivity contribution in [3.63, 3.8) is 0 Å².